The minimum Gasteiger partial charge on any atom is -0.497 e. The van der Waals surface area contributed by atoms with E-state index in [4.69, 9.17) is 9.47 Å². The molecule has 2 rings (SSSR count). The Morgan fingerprint density at radius 3 is 2.70 bits per heavy atom. The molecule has 0 spiro atoms. The first kappa shape index (κ1) is 17.3. The van der Waals surface area contributed by atoms with Gasteiger partial charge < -0.3 is 14.8 Å². The van der Waals surface area contributed by atoms with Gasteiger partial charge in [0.1, 0.15) is 11.5 Å². The summed E-state index contributed by atoms with van der Waals surface area (Å²) < 4.78 is 10.5. The number of nitrogens with one attached hydrogen (secondary N) is 1. The molecule has 1 heterocycles. The van der Waals surface area contributed by atoms with Crippen molar-refractivity contribution in [2.75, 3.05) is 33.1 Å². The van der Waals surface area contributed by atoms with E-state index < -0.39 is 0 Å². The van der Waals surface area contributed by atoms with Gasteiger partial charge in [-0.2, -0.15) is 0 Å². The van der Waals surface area contributed by atoms with E-state index in [9.17, 15) is 4.79 Å². The molecule has 0 fully saturated rings. The standard InChI is InChI=1S/C17H22N2O3S/c1-12(16-6-5-9-23-16)19(2)11-17(20)18-14-10-13(21-3)7-8-15(14)22-4/h5-10,12H,11H2,1-4H3,(H,18,20). The first-order valence-electron chi connectivity index (χ1n) is 7.30. The predicted molar refractivity (Wildman–Crippen MR) is 93.5 cm³/mol. The fourth-order valence-corrected chi connectivity index (χ4v) is 3.06. The molecule has 1 N–H and O–H groups in total. The van der Waals surface area contributed by atoms with Crippen LogP contribution in [0, 0.1) is 0 Å². The highest BCUT2D eigenvalue weighted by molar-refractivity contribution is 7.10. The minimum atomic E-state index is -0.0949. The van der Waals surface area contributed by atoms with E-state index in [0.29, 0.717) is 23.7 Å². The summed E-state index contributed by atoms with van der Waals surface area (Å²) in [5.41, 5.74) is 0.606. The summed E-state index contributed by atoms with van der Waals surface area (Å²) >= 11 is 1.69. The molecular formula is C17H22N2O3S. The van der Waals surface area contributed by atoms with Gasteiger partial charge in [-0.3, -0.25) is 9.69 Å². The Morgan fingerprint density at radius 2 is 2.09 bits per heavy atom. The third kappa shape index (κ3) is 4.46. The lowest BCUT2D eigenvalue weighted by Crippen LogP contribution is -2.32. The summed E-state index contributed by atoms with van der Waals surface area (Å²) in [6, 6.07) is 9.60. The number of hydrogen-bond acceptors (Lipinski definition) is 5. The molecule has 1 atom stereocenters. The number of nitrogens with zero attached hydrogens (tertiary/aromatic N) is 1. The molecule has 0 saturated heterocycles. The monoisotopic (exact) mass is 334 g/mol. The zero-order valence-electron chi connectivity index (χ0n) is 13.8. The highest BCUT2D eigenvalue weighted by Crippen LogP contribution is 2.29. The second kappa shape index (κ2) is 7.99. The second-order valence-corrected chi connectivity index (χ2v) is 6.20. The molecule has 0 radical (unpaired) electrons. The summed E-state index contributed by atoms with van der Waals surface area (Å²) in [5, 5.41) is 4.93. The van der Waals surface area contributed by atoms with Gasteiger partial charge in [0, 0.05) is 17.0 Å². The van der Waals surface area contributed by atoms with Crippen LogP contribution in [-0.2, 0) is 4.79 Å². The van der Waals surface area contributed by atoms with Gasteiger partial charge in [-0.1, -0.05) is 6.07 Å². The highest BCUT2D eigenvalue weighted by atomic mass is 32.1. The Kier molecular flexibility index (Phi) is 6.01. The van der Waals surface area contributed by atoms with Crippen LogP contribution in [0.4, 0.5) is 5.69 Å². The molecule has 1 aromatic heterocycles. The van der Waals surface area contributed by atoms with E-state index in [-0.39, 0.29) is 11.9 Å². The number of likely N-dealkylation sites (N-methyl/N-ethyl adjacent to an activating group) is 1. The van der Waals surface area contributed by atoms with Crippen molar-refractivity contribution < 1.29 is 14.3 Å². The van der Waals surface area contributed by atoms with E-state index in [1.54, 1.807) is 43.8 Å². The molecule has 2 aromatic rings. The molecule has 5 nitrogen and oxygen atoms in total. The number of anilines is 1. The van der Waals surface area contributed by atoms with Gasteiger partial charge in [-0.25, -0.2) is 0 Å². The molecule has 23 heavy (non-hydrogen) atoms. The van der Waals surface area contributed by atoms with Gasteiger partial charge in [-0.05, 0) is 37.6 Å². The zero-order valence-corrected chi connectivity index (χ0v) is 14.6. The van der Waals surface area contributed by atoms with Gasteiger partial charge in [-0.15, -0.1) is 11.3 Å². The number of benzene rings is 1. The number of thiophene rings is 1. The van der Waals surface area contributed by atoms with Gasteiger partial charge in [0.15, 0.2) is 0 Å². The van der Waals surface area contributed by atoms with Crippen LogP contribution in [0.1, 0.15) is 17.8 Å². The first-order chi connectivity index (χ1) is 11.0. The van der Waals surface area contributed by atoms with Crippen molar-refractivity contribution in [2.24, 2.45) is 0 Å². The van der Waals surface area contributed by atoms with Crippen LogP contribution in [-0.4, -0.2) is 38.6 Å². The number of carbonyl (C=O) groups excluding carboxylic acids is 1. The normalized spacial score (nSPS) is 12.0. The van der Waals surface area contributed by atoms with Crippen LogP contribution < -0.4 is 14.8 Å². The fourth-order valence-electron chi connectivity index (χ4n) is 2.21. The smallest absolute Gasteiger partial charge is 0.238 e. The topological polar surface area (TPSA) is 50.8 Å². The number of rotatable bonds is 7. The maximum absolute atomic E-state index is 12.3. The van der Waals surface area contributed by atoms with Crippen LogP contribution in [0.25, 0.3) is 0 Å². The summed E-state index contributed by atoms with van der Waals surface area (Å²) in [7, 11) is 5.10. The molecule has 1 aromatic carbocycles. The minimum absolute atomic E-state index is 0.0949. The maximum atomic E-state index is 12.3. The SMILES string of the molecule is COc1ccc(OC)c(NC(=O)CN(C)C(C)c2cccs2)c1. The molecule has 1 unspecified atom stereocenters. The van der Waals surface area contributed by atoms with E-state index >= 15 is 0 Å². The van der Waals surface area contributed by atoms with Crippen molar-refractivity contribution in [3.63, 3.8) is 0 Å². The van der Waals surface area contributed by atoms with Crippen molar-refractivity contribution in [3.8, 4) is 11.5 Å². The number of carbonyl (C=O) groups is 1. The van der Waals surface area contributed by atoms with E-state index in [1.807, 2.05) is 23.4 Å². The average molecular weight is 334 g/mol. The lowest BCUT2D eigenvalue weighted by atomic mass is 10.2. The van der Waals surface area contributed by atoms with Gasteiger partial charge >= 0.3 is 0 Å². The van der Waals surface area contributed by atoms with E-state index in [1.165, 1.54) is 4.88 Å². The third-order valence-corrected chi connectivity index (χ3v) is 4.73. The van der Waals surface area contributed by atoms with Crippen LogP contribution in [0.2, 0.25) is 0 Å². The Labute approximate surface area is 140 Å². The average Bonchev–Trinajstić information content (AvgIpc) is 3.08. The molecule has 0 bridgehead atoms. The van der Waals surface area contributed by atoms with Crippen molar-refractivity contribution in [2.45, 2.75) is 13.0 Å². The molecule has 0 aliphatic rings. The quantitative estimate of drug-likeness (QED) is 0.843. The molecular weight excluding hydrogens is 312 g/mol. The largest absolute Gasteiger partial charge is 0.497 e. The predicted octanol–water partition coefficient (Wildman–Crippen LogP) is 3.40. The Hall–Kier alpha value is -2.05. The third-order valence-electron chi connectivity index (χ3n) is 3.69. The fraction of sp³-hybridized carbons (Fsp3) is 0.353. The van der Waals surface area contributed by atoms with Gasteiger partial charge in [0.25, 0.3) is 0 Å². The molecule has 0 aliphatic heterocycles. The number of methoxy groups -OCH3 is 2. The van der Waals surface area contributed by atoms with Crippen LogP contribution >= 0.6 is 11.3 Å². The summed E-state index contributed by atoms with van der Waals surface area (Å²) in [5.74, 6) is 1.18. The molecule has 6 heteroatoms. The second-order valence-electron chi connectivity index (χ2n) is 5.22. The van der Waals surface area contributed by atoms with Gasteiger partial charge in [0.2, 0.25) is 5.91 Å². The molecule has 0 aliphatic carbocycles. The molecule has 0 saturated carbocycles. The Balaban J connectivity index is 2.01. The van der Waals surface area contributed by atoms with Crippen molar-refractivity contribution in [1.29, 1.82) is 0 Å². The van der Waals surface area contributed by atoms with Crippen LogP contribution in [0.3, 0.4) is 0 Å². The lowest BCUT2D eigenvalue weighted by molar-refractivity contribution is -0.117. The summed E-state index contributed by atoms with van der Waals surface area (Å²) in [6.07, 6.45) is 0. The Morgan fingerprint density at radius 1 is 1.30 bits per heavy atom. The van der Waals surface area contributed by atoms with Crippen molar-refractivity contribution in [3.05, 3.63) is 40.6 Å². The number of amides is 1. The molecule has 1 amide bonds. The van der Waals surface area contributed by atoms with Crippen LogP contribution in [0.15, 0.2) is 35.7 Å². The van der Waals surface area contributed by atoms with Gasteiger partial charge in [0.05, 0.1) is 26.5 Å². The van der Waals surface area contributed by atoms with Crippen molar-refractivity contribution in [1.82, 2.24) is 4.90 Å². The Bertz CT molecular complexity index is 643. The lowest BCUT2D eigenvalue weighted by Gasteiger charge is -2.23. The van der Waals surface area contributed by atoms with Crippen LogP contribution in [0.5, 0.6) is 11.5 Å². The van der Waals surface area contributed by atoms with E-state index in [2.05, 4.69) is 18.3 Å². The molecule has 124 valence electrons. The van der Waals surface area contributed by atoms with E-state index in [0.717, 1.165) is 0 Å². The number of hydrogen-bond donors (Lipinski definition) is 1. The maximum Gasteiger partial charge on any atom is 0.238 e. The summed E-state index contributed by atoms with van der Waals surface area (Å²) in [4.78, 5) is 15.6. The highest BCUT2D eigenvalue weighted by Gasteiger charge is 2.17. The van der Waals surface area contributed by atoms with Crippen molar-refractivity contribution >= 4 is 22.9 Å². The zero-order chi connectivity index (χ0) is 16.8. The number of ether oxygens (including phenoxy) is 2. The first-order valence-corrected chi connectivity index (χ1v) is 8.18. The summed E-state index contributed by atoms with van der Waals surface area (Å²) in [6.45, 7) is 2.38.